The van der Waals surface area contributed by atoms with E-state index < -0.39 is 0 Å². The van der Waals surface area contributed by atoms with Crippen LogP contribution in [0.2, 0.25) is 0 Å². The monoisotopic (exact) mass is 258 g/mol. The summed E-state index contributed by atoms with van der Waals surface area (Å²) in [5, 5.41) is 6.90. The summed E-state index contributed by atoms with van der Waals surface area (Å²) >= 11 is 0. The summed E-state index contributed by atoms with van der Waals surface area (Å²) in [6.45, 7) is 2.85. The predicted octanol–water partition coefficient (Wildman–Crippen LogP) is 0.880. The SMILES string of the molecule is CN1CCN(c2n[nH]c(N)n2)C(c2ccccc2)C1. The number of benzene rings is 1. The molecule has 0 radical (unpaired) electrons. The second kappa shape index (κ2) is 4.89. The molecule has 1 fully saturated rings. The predicted molar refractivity (Wildman–Crippen MR) is 74.8 cm³/mol. The topological polar surface area (TPSA) is 74.1 Å². The maximum Gasteiger partial charge on any atom is 0.246 e. The van der Waals surface area contributed by atoms with Crippen LogP contribution in [0, 0.1) is 0 Å². The second-order valence-corrected chi connectivity index (χ2v) is 4.90. The van der Waals surface area contributed by atoms with Gasteiger partial charge in [0.25, 0.3) is 0 Å². The van der Waals surface area contributed by atoms with Gasteiger partial charge in [0.15, 0.2) is 0 Å². The first kappa shape index (κ1) is 12.0. The Balaban J connectivity index is 1.92. The molecule has 3 N–H and O–H groups in total. The molecule has 1 saturated heterocycles. The quantitative estimate of drug-likeness (QED) is 0.836. The first-order valence-corrected chi connectivity index (χ1v) is 6.42. The van der Waals surface area contributed by atoms with Crippen molar-refractivity contribution in [3.8, 4) is 0 Å². The summed E-state index contributed by atoms with van der Waals surface area (Å²) in [5.41, 5.74) is 6.91. The van der Waals surface area contributed by atoms with Gasteiger partial charge in [-0.15, -0.1) is 5.10 Å². The molecule has 0 spiro atoms. The molecule has 1 atom stereocenters. The Morgan fingerprint density at radius 3 is 2.74 bits per heavy atom. The molecule has 0 aliphatic carbocycles. The number of aromatic nitrogens is 3. The number of piperazine rings is 1. The molecule has 6 heteroatoms. The highest BCUT2D eigenvalue weighted by atomic mass is 15.4. The molecule has 3 rings (SSSR count). The van der Waals surface area contributed by atoms with E-state index in [1.54, 1.807) is 0 Å². The average Bonchev–Trinajstić information content (AvgIpc) is 2.86. The van der Waals surface area contributed by atoms with E-state index in [0.717, 1.165) is 19.6 Å². The van der Waals surface area contributed by atoms with Crippen molar-refractivity contribution in [2.75, 3.05) is 37.3 Å². The number of nitrogens with two attached hydrogens (primary N) is 1. The third-order valence-electron chi connectivity index (χ3n) is 3.52. The van der Waals surface area contributed by atoms with Crippen LogP contribution in [0.1, 0.15) is 11.6 Å². The van der Waals surface area contributed by atoms with Crippen molar-refractivity contribution < 1.29 is 0 Å². The van der Waals surface area contributed by atoms with Crippen LogP contribution in [0.5, 0.6) is 0 Å². The van der Waals surface area contributed by atoms with E-state index in [1.165, 1.54) is 5.56 Å². The third-order valence-corrected chi connectivity index (χ3v) is 3.52. The van der Waals surface area contributed by atoms with Crippen molar-refractivity contribution in [3.05, 3.63) is 35.9 Å². The average molecular weight is 258 g/mol. The van der Waals surface area contributed by atoms with Gasteiger partial charge in [-0.1, -0.05) is 30.3 Å². The van der Waals surface area contributed by atoms with E-state index in [-0.39, 0.29) is 6.04 Å². The normalized spacial score (nSPS) is 20.7. The lowest BCUT2D eigenvalue weighted by Crippen LogP contribution is -2.47. The number of nitrogens with zero attached hydrogens (tertiary/aromatic N) is 4. The van der Waals surface area contributed by atoms with Crippen LogP contribution >= 0.6 is 0 Å². The van der Waals surface area contributed by atoms with Gasteiger partial charge in [0.05, 0.1) is 6.04 Å². The van der Waals surface area contributed by atoms with Crippen molar-refractivity contribution >= 4 is 11.9 Å². The molecule has 100 valence electrons. The fourth-order valence-electron chi connectivity index (χ4n) is 2.51. The number of hydrogen-bond acceptors (Lipinski definition) is 5. The zero-order valence-corrected chi connectivity index (χ0v) is 11.0. The summed E-state index contributed by atoms with van der Waals surface area (Å²) < 4.78 is 0. The summed E-state index contributed by atoms with van der Waals surface area (Å²) in [7, 11) is 2.14. The molecule has 0 saturated carbocycles. The number of likely N-dealkylation sites (N-methyl/N-ethyl adjacent to an activating group) is 1. The maximum atomic E-state index is 5.63. The number of nitrogen functional groups attached to an aromatic ring is 1. The number of H-pyrrole nitrogens is 1. The van der Waals surface area contributed by atoms with E-state index in [0.29, 0.717) is 11.9 Å². The highest BCUT2D eigenvalue weighted by Crippen LogP contribution is 2.28. The van der Waals surface area contributed by atoms with Gasteiger partial charge in [-0.05, 0) is 12.6 Å². The minimum atomic E-state index is 0.259. The van der Waals surface area contributed by atoms with Crippen LogP contribution in [0.3, 0.4) is 0 Å². The molecule has 1 aliphatic heterocycles. The highest BCUT2D eigenvalue weighted by Gasteiger charge is 2.28. The summed E-state index contributed by atoms with van der Waals surface area (Å²) in [4.78, 5) is 8.79. The third kappa shape index (κ3) is 2.39. The van der Waals surface area contributed by atoms with E-state index >= 15 is 0 Å². The number of aromatic amines is 1. The van der Waals surface area contributed by atoms with Gasteiger partial charge >= 0.3 is 0 Å². The number of anilines is 2. The largest absolute Gasteiger partial charge is 0.368 e. The van der Waals surface area contributed by atoms with Gasteiger partial charge < -0.3 is 15.5 Å². The molecule has 0 amide bonds. The number of nitrogens with one attached hydrogen (secondary N) is 1. The Labute approximate surface area is 112 Å². The molecule has 1 aromatic heterocycles. The summed E-state index contributed by atoms with van der Waals surface area (Å²) in [6, 6.07) is 10.7. The van der Waals surface area contributed by atoms with Crippen molar-refractivity contribution in [1.82, 2.24) is 20.1 Å². The van der Waals surface area contributed by atoms with Crippen LogP contribution in [0.15, 0.2) is 30.3 Å². The summed E-state index contributed by atoms with van der Waals surface area (Å²) in [5.74, 6) is 1.04. The zero-order chi connectivity index (χ0) is 13.2. The summed E-state index contributed by atoms with van der Waals surface area (Å²) in [6.07, 6.45) is 0. The van der Waals surface area contributed by atoms with Gasteiger partial charge in [-0.25, -0.2) is 5.10 Å². The molecule has 19 heavy (non-hydrogen) atoms. The minimum absolute atomic E-state index is 0.259. The first-order chi connectivity index (χ1) is 9.24. The van der Waals surface area contributed by atoms with Gasteiger partial charge in [0.2, 0.25) is 11.9 Å². The molecule has 6 nitrogen and oxygen atoms in total. The highest BCUT2D eigenvalue weighted by molar-refractivity contribution is 5.40. The van der Waals surface area contributed by atoms with Gasteiger partial charge in [0.1, 0.15) is 0 Å². The Morgan fingerprint density at radius 1 is 1.26 bits per heavy atom. The van der Waals surface area contributed by atoms with Crippen LogP contribution in [0.25, 0.3) is 0 Å². The van der Waals surface area contributed by atoms with Crippen molar-refractivity contribution in [1.29, 1.82) is 0 Å². The van der Waals surface area contributed by atoms with E-state index in [1.807, 2.05) is 6.07 Å². The fraction of sp³-hybridized carbons (Fsp3) is 0.385. The van der Waals surface area contributed by atoms with Crippen LogP contribution < -0.4 is 10.6 Å². The first-order valence-electron chi connectivity index (χ1n) is 6.42. The Hall–Kier alpha value is -2.08. The smallest absolute Gasteiger partial charge is 0.246 e. The lowest BCUT2D eigenvalue weighted by Gasteiger charge is -2.39. The van der Waals surface area contributed by atoms with Gasteiger partial charge in [0, 0.05) is 19.6 Å². The Morgan fingerprint density at radius 2 is 2.05 bits per heavy atom. The molecule has 2 aromatic rings. The molecule has 1 aliphatic rings. The molecular weight excluding hydrogens is 240 g/mol. The molecule has 0 bridgehead atoms. The van der Waals surface area contributed by atoms with E-state index in [4.69, 9.17) is 5.73 Å². The number of hydrogen-bond donors (Lipinski definition) is 2. The minimum Gasteiger partial charge on any atom is -0.368 e. The van der Waals surface area contributed by atoms with Crippen LogP contribution in [0.4, 0.5) is 11.9 Å². The lowest BCUT2D eigenvalue weighted by molar-refractivity contribution is 0.267. The van der Waals surface area contributed by atoms with Crippen LogP contribution in [-0.2, 0) is 0 Å². The fourth-order valence-corrected chi connectivity index (χ4v) is 2.51. The van der Waals surface area contributed by atoms with E-state index in [2.05, 4.69) is 56.3 Å². The second-order valence-electron chi connectivity index (χ2n) is 4.90. The standard InChI is InChI=1S/C13H18N6/c1-18-7-8-19(13-15-12(14)16-17-13)11(9-18)10-5-3-2-4-6-10/h2-6,11H,7-9H2,1H3,(H3,14,15,16,17). The number of rotatable bonds is 2. The molecule has 1 unspecified atom stereocenters. The Bertz CT molecular complexity index is 537. The van der Waals surface area contributed by atoms with Crippen LogP contribution in [-0.4, -0.2) is 46.8 Å². The molecule has 1 aromatic carbocycles. The molecular formula is C13H18N6. The molecule has 2 heterocycles. The van der Waals surface area contributed by atoms with Gasteiger partial charge in [-0.3, -0.25) is 0 Å². The zero-order valence-electron chi connectivity index (χ0n) is 11.0. The van der Waals surface area contributed by atoms with Gasteiger partial charge in [-0.2, -0.15) is 4.98 Å². The van der Waals surface area contributed by atoms with Crippen molar-refractivity contribution in [2.24, 2.45) is 0 Å². The van der Waals surface area contributed by atoms with E-state index in [9.17, 15) is 0 Å². The Kier molecular flexibility index (Phi) is 3.08. The maximum absolute atomic E-state index is 5.63. The lowest BCUT2D eigenvalue weighted by atomic mass is 10.0. The van der Waals surface area contributed by atoms with Crippen molar-refractivity contribution in [2.45, 2.75) is 6.04 Å². The van der Waals surface area contributed by atoms with Crippen molar-refractivity contribution in [3.63, 3.8) is 0 Å².